The largest absolute Gasteiger partial charge is 0.497 e. The number of ether oxygens (including phenoxy) is 3. The summed E-state index contributed by atoms with van der Waals surface area (Å²) in [7, 11) is 3.27. The monoisotopic (exact) mass is 293 g/mol. The standard InChI is InChI=1S/C16H23NO4/c1-19-8-6-16(18)17-7-9-21-15(12-17)11-13-4-3-5-14(10-13)20-2/h3-5,10,15H,6-9,11-12H2,1-2H3/t15-/m1/s1. The lowest BCUT2D eigenvalue weighted by atomic mass is 10.1. The molecule has 1 aromatic carbocycles. The van der Waals surface area contributed by atoms with Gasteiger partial charge in [0.15, 0.2) is 0 Å². The van der Waals surface area contributed by atoms with E-state index in [0.717, 1.165) is 17.7 Å². The van der Waals surface area contributed by atoms with Crippen LogP contribution in [0, 0.1) is 0 Å². The van der Waals surface area contributed by atoms with Crippen molar-refractivity contribution in [1.82, 2.24) is 4.90 Å². The van der Waals surface area contributed by atoms with Gasteiger partial charge in [0.2, 0.25) is 5.91 Å². The molecule has 1 heterocycles. The highest BCUT2D eigenvalue weighted by atomic mass is 16.5. The van der Waals surface area contributed by atoms with E-state index in [1.807, 2.05) is 23.1 Å². The number of hydrogen-bond donors (Lipinski definition) is 0. The molecule has 1 atom stereocenters. The summed E-state index contributed by atoms with van der Waals surface area (Å²) in [6.07, 6.45) is 1.26. The molecule has 0 aromatic heterocycles. The highest BCUT2D eigenvalue weighted by Crippen LogP contribution is 2.17. The van der Waals surface area contributed by atoms with E-state index in [4.69, 9.17) is 14.2 Å². The Morgan fingerprint density at radius 1 is 1.43 bits per heavy atom. The Morgan fingerprint density at radius 3 is 3.05 bits per heavy atom. The number of nitrogens with zero attached hydrogens (tertiary/aromatic N) is 1. The molecule has 0 N–H and O–H groups in total. The number of methoxy groups -OCH3 is 2. The molecule has 2 rings (SSSR count). The summed E-state index contributed by atoms with van der Waals surface area (Å²) in [6.45, 7) is 2.36. The summed E-state index contributed by atoms with van der Waals surface area (Å²) in [5, 5.41) is 0. The SMILES string of the molecule is COCCC(=O)N1CCO[C@H](Cc2cccc(OC)c2)C1. The molecule has 0 bridgehead atoms. The third kappa shape index (κ3) is 4.72. The van der Waals surface area contributed by atoms with Gasteiger partial charge in [-0.25, -0.2) is 0 Å². The Labute approximate surface area is 125 Å². The highest BCUT2D eigenvalue weighted by molar-refractivity contribution is 5.76. The summed E-state index contributed by atoms with van der Waals surface area (Å²) in [6, 6.07) is 7.96. The summed E-state index contributed by atoms with van der Waals surface area (Å²) in [5.74, 6) is 0.979. The molecule has 1 aromatic rings. The van der Waals surface area contributed by atoms with Crippen LogP contribution in [0.1, 0.15) is 12.0 Å². The van der Waals surface area contributed by atoms with Gasteiger partial charge in [-0.05, 0) is 17.7 Å². The van der Waals surface area contributed by atoms with E-state index in [9.17, 15) is 4.79 Å². The van der Waals surface area contributed by atoms with Crippen LogP contribution >= 0.6 is 0 Å². The lowest BCUT2D eigenvalue weighted by Gasteiger charge is -2.33. The van der Waals surface area contributed by atoms with Crippen LogP contribution in [0.2, 0.25) is 0 Å². The maximum Gasteiger partial charge on any atom is 0.225 e. The first kappa shape index (κ1) is 15.8. The molecule has 1 amide bonds. The van der Waals surface area contributed by atoms with Crippen LogP contribution in [-0.4, -0.2) is 57.4 Å². The van der Waals surface area contributed by atoms with Crippen molar-refractivity contribution in [1.29, 1.82) is 0 Å². The number of morpholine rings is 1. The van der Waals surface area contributed by atoms with Gasteiger partial charge in [-0.3, -0.25) is 4.79 Å². The van der Waals surface area contributed by atoms with E-state index >= 15 is 0 Å². The van der Waals surface area contributed by atoms with Crippen molar-refractivity contribution in [3.63, 3.8) is 0 Å². The van der Waals surface area contributed by atoms with Crippen molar-refractivity contribution in [2.75, 3.05) is 40.5 Å². The van der Waals surface area contributed by atoms with E-state index < -0.39 is 0 Å². The second-order valence-corrected chi connectivity index (χ2v) is 5.13. The topological polar surface area (TPSA) is 48.0 Å². The van der Waals surface area contributed by atoms with Gasteiger partial charge in [0.1, 0.15) is 5.75 Å². The highest BCUT2D eigenvalue weighted by Gasteiger charge is 2.24. The third-order valence-corrected chi connectivity index (χ3v) is 3.61. The molecule has 5 heteroatoms. The second-order valence-electron chi connectivity index (χ2n) is 5.13. The van der Waals surface area contributed by atoms with Crippen molar-refractivity contribution in [2.45, 2.75) is 18.9 Å². The van der Waals surface area contributed by atoms with E-state index in [1.54, 1.807) is 14.2 Å². The van der Waals surface area contributed by atoms with Crippen LogP contribution in [0.15, 0.2) is 24.3 Å². The van der Waals surface area contributed by atoms with Crippen molar-refractivity contribution >= 4 is 5.91 Å². The van der Waals surface area contributed by atoms with Crippen LogP contribution in [0.4, 0.5) is 0 Å². The Balaban J connectivity index is 1.90. The van der Waals surface area contributed by atoms with E-state index in [2.05, 4.69) is 6.07 Å². The molecular weight excluding hydrogens is 270 g/mol. The van der Waals surface area contributed by atoms with E-state index in [-0.39, 0.29) is 12.0 Å². The van der Waals surface area contributed by atoms with Gasteiger partial charge in [-0.1, -0.05) is 12.1 Å². The van der Waals surface area contributed by atoms with Gasteiger partial charge >= 0.3 is 0 Å². The molecule has 0 unspecified atom stereocenters. The Hall–Kier alpha value is -1.59. The maximum atomic E-state index is 12.0. The minimum absolute atomic E-state index is 0.0392. The van der Waals surface area contributed by atoms with Crippen molar-refractivity contribution < 1.29 is 19.0 Å². The zero-order valence-corrected chi connectivity index (χ0v) is 12.7. The van der Waals surface area contributed by atoms with Crippen LogP contribution in [0.25, 0.3) is 0 Å². The fraction of sp³-hybridized carbons (Fsp3) is 0.562. The van der Waals surface area contributed by atoms with Crippen molar-refractivity contribution in [3.05, 3.63) is 29.8 Å². The molecule has 0 aliphatic carbocycles. The molecule has 5 nitrogen and oxygen atoms in total. The van der Waals surface area contributed by atoms with E-state index in [1.165, 1.54) is 0 Å². The second kappa shape index (κ2) is 8.00. The predicted molar refractivity (Wildman–Crippen MR) is 79.5 cm³/mol. The lowest BCUT2D eigenvalue weighted by Crippen LogP contribution is -2.46. The minimum atomic E-state index is 0.0392. The zero-order chi connectivity index (χ0) is 15.1. The first-order chi connectivity index (χ1) is 10.2. The van der Waals surface area contributed by atoms with Gasteiger partial charge in [0.05, 0.1) is 32.8 Å². The quantitative estimate of drug-likeness (QED) is 0.797. The molecule has 1 fully saturated rings. The molecule has 1 aliphatic rings. The molecule has 0 spiro atoms. The average Bonchev–Trinajstić information content (AvgIpc) is 2.53. The molecule has 0 radical (unpaired) electrons. The smallest absolute Gasteiger partial charge is 0.225 e. The van der Waals surface area contributed by atoms with Crippen LogP contribution in [-0.2, 0) is 20.7 Å². The fourth-order valence-corrected chi connectivity index (χ4v) is 2.48. The minimum Gasteiger partial charge on any atom is -0.497 e. The molecule has 1 saturated heterocycles. The predicted octanol–water partition coefficient (Wildman–Crippen LogP) is 1.50. The summed E-state index contributed by atoms with van der Waals surface area (Å²) < 4.78 is 16.0. The van der Waals surface area contributed by atoms with Crippen LogP contribution in [0.3, 0.4) is 0 Å². The molecule has 21 heavy (non-hydrogen) atoms. The van der Waals surface area contributed by atoms with Gasteiger partial charge in [-0.2, -0.15) is 0 Å². The number of carbonyl (C=O) groups is 1. The van der Waals surface area contributed by atoms with Crippen molar-refractivity contribution in [3.8, 4) is 5.75 Å². The summed E-state index contributed by atoms with van der Waals surface area (Å²) >= 11 is 0. The number of hydrogen-bond acceptors (Lipinski definition) is 4. The zero-order valence-electron chi connectivity index (χ0n) is 12.7. The van der Waals surface area contributed by atoms with Crippen molar-refractivity contribution in [2.24, 2.45) is 0 Å². The van der Waals surface area contributed by atoms with Crippen LogP contribution in [0.5, 0.6) is 5.75 Å². The average molecular weight is 293 g/mol. The van der Waals surface area contributed by atoms with Crippen LogP contribution < -0.4 is 4.74 Å². The lowest BCUT2D eigenvalue weighted by molar-refractivity contribution is -0.139. The van der Waals surface area contributed by atoms with Gasteiger partial charge in [-0.15, -0.1) is 0 Å². The molecule has 0 saturated carbocycles. The number of carbonyl (C=O) groups excluding carboxylic acids is 1. The first-order valence-electron chi connectivity index (χ1n) is 7.24. The Morgan fingerprint density at radius 2 is 2.29 bits per heavy atom. The molecule has 1 aliphatic heterocycles. The number of amides is 1. The van der Waals surface area contributed by atoms with E-state index in [0.29, 0.717) is 32.7 Å². The Kier molecular flexibility index (Phi) is 6.02. The molecular formula is C16H23NO4. The normalized spacial score (nSPS) is 18.6. The third-order valence-electron chi connectivity index (χ3n) is 3.61. The fourth-order valence-electron chi connectivity index (χ4n) is 2.48. The summed E-state index contributed by atoms with van der Waals surface area (Å²) in [5.41, 5.74) is 1.16. The maximum absolute atomic E-state index is 12.0. The number of benzene rings is 1. The first-order valence-corrected chi connectivity index (χ1v) is 7.24. The Bertz CT molecular complexity index is 463. The summed E-state index contributed by atoms with van der Waals surface area (Å²) in [4.78, 5) is 13.9. The van der Waals surface area contributed by atoms with Gasteiger partial charge < -0.3 is 19.1 Å². The number of rotatable bonds is 6. The van der Waals surface area contributed by atoms with Gasteiger partial charge in [0.25, 0.3) is 0 Å². The molecule has 116 valence electrons. The van der Waals surface area contributed by atoms with Gasteiger partial charge in [0, 0.05) is 26.6 Å².